The number of rotatable bonds is 3. The fourth-order valence-corrected chi connectivity index (χ4v) is 3.16. The lowest BCUT2D eigenvalue weighted by Gasteiger charge is -2.39. The smallest absolute Gasteiger partial charge is 0.106 e. The molecule has 1 aromatic carbocycles. The molecule has 0 saturated carbocycles. The minimum absolute atomic E-state index is 0.669. The van der Waals surface area contributed by atoms with Gasteiger partial charge in [0.1, 0.15) is 5.60 Å². The maximum atomic E-state index is 11.0. The lowest BCUT2D eigenvalue weighted by atomic mass is 9.85. The summed E-state index contributed by atoms with van der Waals surface area (Å²) in [4.78, 5) is 2.32. The first kappa shape index (κ1) is 13.4. The van der Waals surface area contributed by atoms with Crippen molar-refractivity contribution in [2.45, 2.75) is 31.9 Å². The Kier molecular flexibility index (Phi) is 3.64. The third-order valence-corrected chi connectivity index (χ3v) is 4.16. The molecule has 2 aromatic rings. The largest absolute Gasteiger partial charge is 0.472 e. The number of piperidine rings is 1. The number of aliphatic hydroxyl groups is 1. The van der Waals surface area contributed by atoms with Crippen LogP contribution in [-0.4, -0.2) is 23.1 Å². The number of hydrogen-bond acceptors (Lipinski definition) is 3. The van der Waals surface area contributed by atoms with Crippen LogP contribution in [0.25, 0.3) is 0 Å². The summed E-state index contributed by atoms with van der Waals surface area (Å²) in [6.45, 7) is 4.59. The van der Waals surface area contributed by atoms with E-state index in [1.807, 2.05) is 13.0 Å². The third-order valence-electron chi connectivity index (χ3n) is 4.16. The lowest BCUT2D eigenvalue weighted by Crippen LogP contribution is -2.45. The van der Waals surface area contributed by atoms with E-state index in [-0.39, 0.29) is 0 Å². The number of nitrogens with zero attached hydrogens (tertiary/aromatic N) is 1. The van der Waals surface area contributed by atoms with Crippen molar-refractivity contribution < 1.29 is 9.52 Å². The second-order valence-corrected chi connectivity index (χ2v) is 5.80. The van der Waals surface area contributed by atoms with Crippen LogP contribution in [0.5, 0.6) is 0 Å². The van der Waals surface area contributed by atoms with Crippen molar-refractivity contribution in [1.82, 2.24) is 4.90 Å². The van der Waals surface area contributed by atoms with Gasteiger partial charge in [0.05, 0.1) is 12.5 Å². The molecule has 1 fully saturated rings. The van der Waals surface area contributed by atoms with Gasteiger partial charge >= 0.3 is 0 Å². The van der Waals surface area contributed by atoms with Crippen molar-refractivity contribution in [3.8, 4) is 0 Å². The number of aryl methyl sites for hydroxylation is 1. The van der Waals surface area contributed by atoms with Gasteiger partial charge in [-0.3, -0.25) is 4.90 Å². The highest BCUT2D eigenvalue weighted by atomic mass is 16.3. The van der Waals surface area contributed by atoms with Crippen LogP contribution in [-0.2, 0) is 12.1 Å². The van der Waals surface area contributed by atoms with E-state index in [9.17, 15) is 5.11 Å². The summed E-state index contributed by atoms with van der Waals surface area (Å²) in [5.74, 6) is 0. The predicted octanol–water partition coefficient (Wildman–Crippen LogP) is 3.07. The Balaban J connectivity index is 1.75. The Labute approximate surface area is 119 Å². The zero-order valence-electron chi connectivity index (χ0n) is 11.9. The third kappa shape index (κ3) is 2.65. The van der Waals surface area contributed by atoms with E-state index < -0.39 is 5.60 Å². The van der Waals surface area contributed by atoms with Crippen molar-refractivity contribution >= 4 is 0 Å². The standard InChI is InChI=1S/C17H21NO2/c1-14-11-20-12-16(14)17(19)8-5-9-18(13-17)10-15-6-3-2-4-7-15/h2-4,6-7,11-12,19H,5,8-10,13H2,1H3. The molecular weight excluding hydrogens is 250 g/mol. The Bertz CT molecular complexity index is 563. The average molecular weight is 271 g/mol. The van der Waals surface area contributed by atoms with Crippen molar-refractivity contribution in [2.75, 3.05) is 13.1 Å². The highest BCUT2D eigenvalue weighted by molar-refractivity contribution is 5.27. The fraction of sp³-hybridized carbons (Fsp3) is 0.412. The SMILES string of the molecule is Cc1cocc1C1(O)CCCN(Cc2ccccc2)C1. The van der Waals surface area contributed by atoms with Gasteiger partial charge < -0.3 is 9.52 Å². The molecule has 20 heavy (non-hydrogen) atoms. The number of hydrogen-bond donors (Lipinski definition) is 1. The maximum Gasteiger partial charge on any atom is 0.106 e. The van der Waals surface area contributed by atoms with Crippen LogP contribution in [0, 0.1) is 6.92 Å². The van der Waals surface area contributed by atoms with Gasteiger partial charge in [0.2, 0.25) is 0 Å². The van der Waals surface area contributed by atoms with Crippen molar-refractivity contribution in [3.63, 3.8) is 0 Å². The molecule has 1 N–H and O–H groups in total. The molecule has 0 amide bonds. The second kappa shape index (κ2) is 5.43. The Hall–Kier alpha value is -1.58. The molecule has 0 spiro atoms. The van der Waals surface area contributed by atoms with Crippen molar-refractivity contribution in [1.29, 1.82) is 0 Å². The van der Waals surface area contributed by atoms with Crippen LogP contribution in [0.4, 0.5) is 0 Å². The Morgan fingerprint density at radius 1 is 1.25 bits per heavy atom. The minimum atomic E-state index is -0.774. The monoisotopic (exact) mass is 271 g/mol. The molecule has 0 bridgehead atoms. The van der Waals surface area contributed by atoms with E-state index in [0.717, 1.165) is 37.1 Å². The quantitative estimate of drug-likeness (QED) is 0.932. The van der Waals surface area contributed by atoms with Crippen LogP contribution >= 0.6 is 0 Å². The molecule has 1 aliphatic heterocycles. The van der Waals surface area contributed by atoms with E-state index >= 15 is 0 Å². The molecule has 2 heterocycles. The summed E-state index contributed by atoms with van der Waals surface area (Å²) in [7, 11) is 0. The fourth-order valence-electron chi connectivity index (χ4n) is 3.16. The van der Waals surface area contributed by atoms with E-state index in [4.69, 9.17) is 4.42 Å². The first-order valence-electron chi connectivity index (χ1n) is 7.19. The van der Waals surface area contributed by atoms with Crippen LogP contribution in [0.15, 0.2) is 47.3 Å². The second-order valence-electron chi connectivity index (χ2n) is 5.80. The Morgan fingerprint density at radius 3 is 2.75 bits per heavy atom. The first-order chi connectivity index (χ1) is 9.67. The van der Waals surface area contributed by atoms with Gasteiger partial charge in [-0.05, 0) is 37.4 Å². The zero-order chi connectivity index (χ0) is 14.0. The van der Waals surface area contributed by atoms with Gasteiger partial charge in [-0.1, -0.05) is 30.3 Å². The van der Waals surface area contributed by atoms with E-state index in [2.05, 4.69) is 29.2 Å². The lowest BCUT2D eigenvalue weighted by molar-refractivity contribution is -0.0388. The van der Waals surface area contributed by atoms with Gasteiger partial charge in [-0.15, -0.1) is 0 Å². The molecule has 0 aliphatic carbocycles. The van der Waals surface area contributed by atoms with E-state index in [0.29, 0.717) is 6.54 Å². The van der Waals surface area contributed by atoms with Gasteiger partial charge in [0, 0.05) is 18.7 Å². The topological polar surface area (TPSA) is 36.6 Å². The summed E-state index contributed by atoms with van der Waals surface area (Å²) in [6.07, 6.45) is 5.22. The van der Waals surface area contributed by atoms with Crippen LogP contribution in [0.3, 0.4) is 0 Å². The molecule has 3 nitrogen and oxygen atoms in total. The number of likely N-dealkylation sites (tertiary alicyclic amines) is 1. The summed E-state index contributed by atoms with van der Waals surface area (Å²) >= 11 is 0. The summed E-state index contributed by atoms with van der Waals surface area (Å²) in [6, 6.07) is 10.4. The number of β-amino-alcohol motifs (C(OH)–C–C–N with tert-alkyl or cyclic N) is 1. The molecule has 1 atom stereocenters. The summed E-state index contributed by atoms with van der Waals surface area (Å²) in [5.41, 5.74) is 2.49. The first-order valence-corrected chi connectivity index (χ1v) is 7.19. The van der Waals surface area contributed by atoms with Crippen LogP contribution in [0.2, 0.25) is 0 Å². The van der Waals surface area contributed by atoms with Crippen molar-refractivity contribution in [3.05, 3.63) is 59.5 Å². The maximum absolute atomic E-state index is 11.0. The van der Waals surface area contributed by atoms with Gasteiger partial charge in [0.15, 0.2) is 0 Å². The molecular formula is C17H21NO2. The van der Waals surface area contributed by atoms with E-state index in [1.165, 1.54) is 5.56 Å². The zero-order valence-corrected chi connectivity index (χ0v) is 11.9. The molecule has 106 valence electrons. The summed E-state index contributed by atoms with van der Waals surface area (Å²) < 4.78 is 5.24. The van der Waals surface area contributed by atoms with Crippen molar-refractivity contribution in [2.24, 2.45) is 0 Å². The van der Waals surface area contributed by atoms with Crippen LogP contribution in [0.1, 0.15) is 29.5 Å². The Morgan fingerprint density at radius 2 is 2.05 bits per heavy atom. The minimum Gasteiger partial charge on any atom is -0.472 e. The predicted molar refractivity (Wildman–Crippen MR) is 78.3 cm³/mol. The highest BCUT2D eigenvalue weighted by Gasteiger charge is 2.36. The molecule has 0 radical (unpaired) electrons. The van der Waals surface area contributed by atoms with Gasteiger partial charge in [-0.25, -0.2) is 0 Å². The molecule has 1 unspecified atom stereocenters. The number of benzene rings is 1. The van der Waals surface area contributed by atoms with E-state index in [1.54, 1.807) is 12.5 Å². The molecule has 3 rings (SSSR count). The highest BCUT2D eigenvalue weighted by Crippen LogP contribution is 2.34. The number of furan rings is 1. The molecule has 1 aromatic heterocycles. The summed E-state index contributed by atoms with van der Waals surface area (Å²) in [5, 5.41) is 11.0. The molecule has 1 aliphatic rings. The molecule has 3 heteroatoms. The average Bonchev–Trinajstić information content (AvgIpc) is 2.87. The normalized spacial score (nSPS) is 23.9. The van der Waals surface area contributed by atoms with Gasteiger partial charge in [0.25, 0.3) is 0 Å². The molecule has 1 saturated heterocycles. The van der Waals surface area contributed by atoms with Gasteiger partial charge in [-0.2, -0.15) is 0 Å². The van der Waals surface area contributed by atoms with Crippen LogP contribution < -0.4 is 0 Å².